The molecule has 2 aromatic carbocycles. The highest BCUT2D eigenvalue weighted by Crippen LogP contribution is 2.24. The number of rotatable bonds is 1. The van der Waals surface area contributed by atoms with Crippen LogP contribution in [0.25, 0.3) is 22.3 Å². The lowest BCUT2D eigenvalue weighted by Gasteiger charge is -2.04. The van der Waals surface area contributed by atoms with Gasteiger partial charge in [-0.3, -0.25) is 4.79 Å². The molecule has 0 saturated heterocycles. The summed E-state index contributed by atoms with van der Waals surface area (Å²) in [4.78, 5) is 12.1. The number of hydrogen-bond donors (Lipinski definition) is 1. The van der Waals surface area contributed by atoms with Gasteiger partial charge in [0.2, 0.25) is 0 Å². The molecule has 1 heterocycles. The Morgan fingerprint density at radius 2 is 1.72 bits per heavy atom. The van der Waals surface area contributed by atoms with Crippen LogP contribution in [-0.2, 0) is 0 Å². The summed E-state index contributed by atoms with van der Waals surface area (Å²) in [6.07, 6.45) is 0. The van der Waals surface area contributed by atoms with E-state index >= 15 is 0 Å². The Hall–Kier alpha value is -2.55. The molecule has 3 nitrogen and oxygen atoms in total. The summed E-state index contributed by atoms with van der Waals surface area (Å²) in [5.41, 5.74) is 7.50. The number of nitrogens with two attached hydrogens (primary N) is 1. The average Bonchev–Trinajstić information content (AvgIpc) is 2.39. The molecule has 0 saturated carbocycles. The molecule has 0 aliphatic heterocycles. The fraction of sp³-hybridized carbons (Fsp3) is 0. The Bertz CT molecular complexity index is 760. The Morgan fingerprint density at radius 1 is 0.944 bits per heavy atom. The topological polar surface area (TPSA) is 56.2 Å². The summed E-state index contributed by atoms with van der Waals surface area (Å²) >= 11 is 0. The Balaban J connectivity index is 2.33. The third-order valence-electron chi connectivity index (χ3n) is 2.85. The van der Waals surface area contributed by atoms with Crippen molar-refractivity contribution < 1.29 is 4.42 Å². The molecule has 3 heteroatoms. The highest BCUT2D eigenvalue weighted by Gasteiger charge is 2.08. The molecule has 0 fully saturated rings. The van der Waals surface area contributed by atoms with E-state index in [0.717, 1.165) is 5.56 Å². The Morgan fingerprint density at radius 3 is 2.50 bits per heavy atom. The van der Waals surface area contributed by atoms with Gasteiger partial charge < -0.3 is 10.2 Å². The lowest BCUT2D eigenvalue weighted by molar-refractivity contribution is 0.619. The molecule has 0 amide bonds. The van der Waals surface area contributed by atoms with Crippen LogP contribution >= 0.6 is 0 Å². The first-order chi connectivity index (χ1) is 8.75. The van der Waals surface area contributed by atoms with Crippen LogP contribution in [0.2, 0.25) is 0 Å². The van der Waals surface area contributed by atoms with E-state index in [-0.39, 0.29) is 5.43 Å². The van der Waals surface area contributed by atoms with Crippen LogP contribution in [0.15, 0.2) is 63.8 Å². The average molecular weight is 237 g/mol. The molecule has 0 aliphatic rings. The highest BCUT2D eigenvalue weighted by atomic mass is 16.3. The molecule has 1 aromatic heterocycles. The van der Waals surface area contributed by atoms with Crippen LogP contribution in [0.1, 0.15) is 0 Å². The van der Waals surface area contributed by atoms with Crippen molar-refractivity contribution in [3.63, 3.8) is 0 Å². The maximum Gasteiger partial charge on any atom is 0.195 e. The molecule has 0 aliphatic carbocycles. The Labute approximate surface area is 103 Å². The number of fused-ring (bicyclic) bond motifs is 1. The van der Waals surface area contributed by atoms with Crippen molar-refractivity contribution >= 4 is 16.7 Å². The molecule has 0 atom stereocenters. The molecular weight excluding hydrogens is 226 g/mol. The molecule has 0 spiro atoms. The van der Waals surface area contributed by atoms with Gasteiger partial charge in [-0.25, -0.2) is 0 Å². The van der Waals surface area contributed by atoms with Crippen molar-refractivity contribution in [1.82, 2.24) is 0 Å². The lowest BCUT2D eigenvalue weighted by atomic mass is 10.1. The molecule has 88 valence electrons. The summed E-state index contributed by atoms with van der Waals surface area (Å²) in [5.74, 6) is 0.554. The van der Waals surface area contributed by atoms with Crippen molar-refractivity contribution in [2.45, 2.75) is 0 Å². The largest absolute Gasteiger partial charge is 0.456 e. The van der Waals surface area contributed by atoms with E-state index in [9.17, 15) is 4.79 Å². The van der Waals surface area contributed by atoms with Gasteiger partial charge in [0.15, 0.2) is 5.43 Å². The van der Waals surface area contributed by atoms with Gasteiger partial charge in [0.05, 0.1) is 5.39 Å². The van der Waals surface area contributed by atoms with Gasteiger partial charge in [-0.2, -0.15) is 0 Å². The van der Waals surface area contributed by atoms with E-state index in [1.54, 1.807) is 18.2 Å². The Kier molecular flexibility index (Phi) is 2.38. The summed E-state index contributed by atoms with van der Waals surface area (Å²) in [6, 6.07) is 16.2. The van der Waals surface area contributed by atoms with Crippen LogP contribution in [0.4, 0.5) is 5.69 Å². The second-order valence-electron chi connectivity index (χ2n) is 4.06. The van der Waals surface area contributed by atoms with Gasteiger partial charge in [0.1, 0.15) is 11.3 Å². The molecule has 0 bridgehead atoms. The van der Waals surface area contributed by atoms with E-state index in [4.69, 9.17) is 10.2 Å². The number of benzene rings is 2. The first kappa shape index (κ1) is 10.6. The van der Waals surface area contributed by atoms with E-state index in [1.807, 2.05) is 30.3 Å². The number of nitrogen functional groups attached to an aromatic ring is 1. The molecule has 18 heavy (non-hydrogen) atoms. The maximum atomic E-state index is 12.1. The third-order valence-corrected chi connectivity index (χ3v) is 2.85. The van der Waals surface area contributed by atoms with Crippen molar-refractivity contribution in [3.05, 3.63) is 64.8 Å². The van der Waals surface area contributed by atoms with Crippen molar-refractivity contribution in [3.8, 4) is 11.3 Å². The molecule has 3 aromatic rings. The smallest absolute Gasteiger partial charge is 0.195 e. The van der Waals surface area contributed by atoms with Crippen molar-refractivity contribution in [2.24, 2.45) is 0 Å². The van der Waals surface area contributed by atoms with Gasteiger partial charge in [0.25, 0.3) is 0 Å². The molecule has 3 rings (SSSR count). The quantitative estimate of drug-likeness (QED) is 0.662. The van der Waals surface area contributed by atoms with Crippen LogP contribution in [0, 0.1) is 0 Å². The zero-order valence-corrected chi connectivity index (χ0v) is 9.59. The minimum absolute atomic E-state index is 0.117. The summed E-state index contributed by atoms with van der Waals surface area (Å²) in [5, 5.41) is 0.442. The van der Waals surface area contributed by atoms with Crippen LogP contribution in [-0.4, -0.2) is 0 Å². The van der Waals surface area contributed by atoms with Gasteiger partial charge in [-0.15, -0.1) is 0 Å². The zero-order valence-electron chi connectivity index (χ0n) is 9.59. The van der Waals surface area contributed by atoms with Crippen LogP contribution in [0.3, 0.4) is 0 Å². The van der Waals surface area contributed by atoms with Crippen LogP contribution in [0.5, 0.6) is 0 Å². The molecule has 2 N–H and O–H groups in total. The third kappa shape index (κ3) is 1.66. The monoisotopic (exact) mass is 237 g/mol. The fourth-order valence-electron chi connectivity index (χ4n) is 1.98. The summed E-state index contributed by atoms with van der Waals surface area (Å²) in [7, 11) is 0. The van der Waals surface area contributed by atoms with E-state index in [2.05, 4.69) is 0 Å². The number of hydrogen-bond acceptors (Lipinski definition) is 3. The van der Waals surface area contributed by atoms with Gasteiger partial charge in [0, 0.05) is 17.3 Å². The minimum atomic E-state index is -0.117. The predicted molar refractivity (Wildman–Crippen MR) is 72.3 cm³/mol. The van der Waals surface area contributed by atoms with Gasteiger partial charge in [-0.1, -0.05) is 36.4 Å². The van der Waals surface area contributed by atoms with E-state index in [1.165, 1.54) is 6.07 Å². The van der Waals surface area contributed by atoms with Crippen LogP contribution < -0.4 is 11.2 Å². The predicted octanol–water partition coefficient (Wildman–Crippen LogP) is 3.04. The van der Waals surface area contributed by atoms with Crippen molar-refractivity contribution in [2.75, 3.05) is 5.73 Å². The fourth-order valence-corrected chi connectivity index (χ4v) is 1.98. The molecule has 0 unspecified atom stereocenters. The number of anilines is 1. The maximum absolute atomic E-state index is 12.1. The molecule has 0 radical (unpaired) electrons. The van der Waals surface area contributed by atoms with E-state index < -0.39 is 0 Å². The lowest BCUT2D eigenvalue weighted by Crippen LogP contribution is -2.03. The second kappa shape index (κ2) is 4.04. The zero-order chi connectivity index (χ0) is 12.5. The summed E-state index contributed by atoms with van der Waals surface area (Å²) < 4.78 is 5.73. The van der Waals surface area contributed by atoms with Crippen molar-refractivity contribution in [1.29, 1.82) is 0 Å². The highest BCUT2D eigenvalue weighted by molar-refractivity contribution is 5.89. The van der Waals surface area contributed by atoms with Gasteiger partial charge in [-0.05, 0) is 12.1 Å². The first-order valence-corrected chi connectivity index (χ1v) is 5.63. The van der Waals surface area contributed by atoms with E-state index in [0.29, 0.717) is 22.4 Å². The normalized spacial score (nSPS) is 10.7. The summed E-state index contributed by atoms with van der Waals surface area (Å²) in [6.45, 7) is 0. The SMILES string of the molecule is Nc1cccc2oc(-c3ccccc3)cc(=O)c12. The second-order valence-corrected chi connectivity index (χ2v) is 4.06. The van der Waals surface area contributed by atoms with Gasteiger partial charge >= 0.3 is 0 Å². The molecular formula is C15H11NO2. The standard InChI is InChI=1S/C15H11NO2/c16-11-7-4-8-13-15(11)12(17)9-14(18-13)10-5-2-1-3-6-10/h1-9H,16H2. The first-order valence-electron chi connectivity index (χ1n) is 5.63. The minimum Gasteiger partial charge on any atom is -0.456 e.